The number of aromatic nitrogens is 2. The SMILES string of the molecule is COc1ccc(-c2noc(CN3CCN(Cc4ccc(C(C)C)cc4)CC3)n2)cc1OC. The molecule has 0 saturated carbocycles. The van der Waals surface area contributed by atoms with Crippen LogP contribution in [0.1, 0.15) is 36.8 Å². The van der Waals surface area contributed by atoms with Gasteiger partial charge in [0.05, 0.1) is 20.8 Å². The van der Waals surface area contributed by atoms with Gasteiger partial charge in [-0.2, -0.15) is 4.98 Å². The van der Waals surface area contributed by atoms with Gasteiger partial charge in [0.25, 0.3) is 0 Å². The average Bonchev–Trinajstić information content (AvgIpc) is 3.28. The van der Waals surface area contributed by atoms with Gasteiger partial charge in [-0.3, -0.25) is 9.80 Å². The van der Waals surface area contributed by atoms with Gasteiger partial charge >= 0.3 is 0 Å². The number of methoxy groups -OCH3 is 2. The third kappa shape index (κ3) is 5.29. The highest BCUT2D eigenvalue weighted by molar-refractivity contribution is 5.60. The number of hydrogen-bond acceptors (Lipinski definition) is 7. The van der Waals surface area contributed by atoms with Crippen LogP contribution in [0.5, 0.6) is 11.5 Å². The lowest BCUT2D eigenvalue weighted by molar-refractivity contribution is 0.112. The van der Waals surface area contributed by atoms with Gasteiger partial charge < -0.3 is 14.0 Å². The summed E-state index contributed by atoms with van der Waals surface area (Å²) in [6.45, 7) is 10.2. The predicted molar refractivity (Wildman–Crippen MR) is 124 cm³/mol. The van der Waals surface area contributed by atoms with E-state index in [1.165, 1.54) is 11.1 Å². The fraction of sp³-hybridized carbons (Fsp3) is 0.440. The van der Waals surface area contributed by atoms with E-state index < -0.39 is 0 Å². The Morgan fingerprint density at radius 2 is 1.53 bits per heavy atom. The number of ether oxygens (including phenoxy) is 2. The molecule has 1 aliphatic heterocycles. The van der Waals surface area contributed by atoms with Crippen LogP contribution in [0.4, 0.5) is 0 Å². The largest absolute Gasteiger partial charge is 0.493 e. The molecule has 0 N–H and O–H groups in total. The molecule has 2 aromatic carbocycles. The van der Waals surface area contributed by atoms with E-state index in [2.05, 4.69) is 58.1 Å². The fourth-order valence-corrected chi connectivity index (χ4v) is 3.97. The standard InChI is InChI=1S/C25H32N4O3/c1-18(2)20-7-5-19(6-8-20)16-28-11-13-29(14-12-28)17-24-26-25(27-32-24)21-9-10-22(30-3)23(15-21)31-4/h5-10,15,18H,11-14,16-17H2,1-4H3. The van der Waals surface area contributed by atoms with Crippen LogP contribution in [0.25, 0.3) is 11.4 Å². The minimum absolute atomic E-state index is 0.560. The summed E-state index contributed by atoms with van der Waals surface area (Å²) in [5, 5.41) is 4.15. The van der Waals surface area contributed by atoms with Crippen molar-refractivity contribution in [3.05, 3.63) is 59.5 Å². The zero-order valence-electron chi connectivity index (χ0n) is 19.4. The van der Waals surface area contributed by atoms with Crippen molar-refractivity contribution in [1.82, 2.24) is 19.9 Å². The van der Waals surface area contributed by atoms with E-state index in [-0.39, 0.29) is 0 Å². The summed E-state index contributed by atoms with van der Waals surface area (Å²) in [4.78, 5) is 9.45. The summed E-state index contributed by atoms with van der Waals surface area (Å²) in [6.07, 6.45) is 0. The molecule has 0 spiro atoms. The van der Waals surface area contributed by atoms with Crippen LogP contribution in [0.3, 0.4) is 0 Å². The summed E-state index contributed by atoms with van der Waals surface area (Å²) in [5.74, 6) is 3.08. The lowest BCUT2D eigenvalue weighted by Gasteiger charge is -2.33. The summed E-state index contributed by atoms with van der Waals surface area (Å²) >= 11 is 0. The van der Waals surface area contributed by atoms with Crippen molar-refractivity contribution in [2.45, 2.75) is 32.9 Å². The molecule has 0 bridgehead atoms. The van der Waals surface area contributed by atoms with Gasteiger partial charge in [-0.05, 0) is 35.2 Å². The molecule has 0 aliphatic carbocycles. The molecule has 170 valence electrons. The molecule has 1 fully saturated rings. The van der Waals surface area contributed by atoms with Crippen LogP contribution in [0.15, 0.2) is 47.0 Å². The Balaban J connectivity index is 1.30. The highest BCUT2D eigenvalue weighted by Crippen LogP contribution is 2.31. The number of hydrogen-bond donors (Lipinski definition) is 0. The highest BCUT2D eigenvalue weighted by atomic mass is 16.5. The van der Waals surface area contributed by atoms with Gasteiger partial charge in [-0.1, -0.05) is 43.3 Å². The molecular weight excluding hydrogens is 404 g/mol. The van der Waals surface area contributed by atoms with Crippen molar-refractivity contribution in [2.75, 3.05) is 40.4 Å². The van der Waals surface area contributed by atoms with E-state index in [0.29, 0.717) is 35.7 Å². The maximum atomic E-state index is 5.52. The van der Waals surface area contributed by atoms with Crippen molar-refractivity contribution < 1.29 is 14.0 Å². The Morgan fingerprint density at radius 3 is 2.16 bits per heavy atom. The van der Waals surface area contributed by atoms with Crippen molar-refractivity contribution in [1.29, 1.82) is 0 Å². The molecule has 0 radical (unpaired) electrons. The van der Waals surface area contributed by atoms with E-state index in [1.807, 2.05) is 18.2 Å². The van der Waals surface area contributed by atoms with Crippen LogP contribution in [0, 0.1) is 0 Å². The maximum Gasteiger partial charge on any atom is 0.241 e. The van der Waals surface area contributed by atoms with Gasteiger partial charge in [0.2, 0.25) is 11.7 Å². The van der Waals surface area contributed by atoms with Crippen molar-refractivity contribution in [2.24, 2.45) is 0 Å². The molecule has 7 nitrogen and oxygen atoms in total. The van der Waals surface area contributed by atoms with Gasteiger partial charge in [0.15, 0.2) is 11.5 Å². The van der Waals surface area contributed by atoms with E-state index >= 15 is 0 Å². The smallest absolute Gasteiger partial charge is 0.241 e. The molecular formula is C25H32N4O3. The third-order valence-electron chi connectivity index (χ3n) is 5.99. The topological polar surface area (TPSA) is 63.9 Å². The minimum Gasteiger partial charge on any atom is -0.493 e. The zero-order chi connectivity index (χ0) is 22.5. The average molecular weight is 437 g/mol. The van der Waals surface area contributed by atoms with Gasteiger partial charge in [-0.25, -0.2) is 0 Å². The molecule has 4 rings (SSSR count). The Hall–Kier alpha value is -2.90. The molecule has 1 aromatic heterocycles. The Labute approximate surface area is 189 Å². The Bertz CT molecular complexity index is 1010. The van der Waals surface area contributed by atoms with E-state index in [4.69, 9.17) is 14.0 Å². The molecule has 3 aromatic rings. The lowest BCUT2D eigenvalue weighted by atomic mass is 10.0. The minimum atomic E-state index is 0.560. The first-order valence-corrected chi connectivity index (χ1v) is 11.1. The maximum absolute atomic E-state index is 5.52. The van der Waals surface area contributed by atoms with Gasteiger partial charge in [-0.15, -0.1) is 0 Å². The third-order valence-corrected chi connectivity index (χ3v) is 5.99. The van der Waals surface area contributed by atoms with Crippen LogP contribution >= 0.6 is 0 Å². The van der Waals surface area contributed by atoms with E-state index in [9.17, 15) is 0 Å². The molecule has 0 atom stereocenters. The zero-order valence-corrected chi connectivity index (χ0v) is 19.4. The molecule has 1 aliphatic rings. The van der Waals surface area contributed by atoms with Crippen molar-refractivity contribution in [3.63, 3.8) is 0 Å². The Kier molecular flexibility index (Phi) is 7.07. The first kappa shape index (κ1) is 22.3. The second-order valence-electron chi connectivity index (χ2n) is 8.53. The number of rotatable bonds is 8. The molecule has 0 unspecified atom stereocenters. The summed E-state index contributed by atoms with van der Waals surface area (Å²) in [6, 6.07) is 14.6. The van der Waals surface area contributed by atoms with Gasteiger partial charge in [0, 0.05) is 38.3 Å². The summed E-state index contributed by atoms with van der Waals surface area (Å²) < 4.78 is 16.2. The quantitative estimate of drug-likeness (QED) is 0.524. The molecule has 32 heavy (non-hydrogen) atoms. The number of piperazine rings is 1. The van der Waals surface area contributed by atoms with Crippen LogP contribution in [-0.4, -0.2) is 60.3 Å². The molecule has 2 heterocycles. The fourth-order valence-electron chi connectivity index (χ4n) is 3.97. The number of nitrogens with zero attached hydrogens (tertiary/aromatic N) is 4. The van der Waals surface area contributed by atoms with E-state index in [0.717, 1.165) is 38.3 Å². The van der Waals surface area contributed by atoms with Crippen LogP contribution in [-0.2, 0) is 13.1 Å². The van der Waals surface area contributed by atoms with E-state index in [1.54, 1.807) is 14.2 Å². The van der Waals surface area contributed by atoms with Crippen LogP contribution in [0.2, 0.25) is 0 Å². The Morgan fingerprint density at radius 1 is 0.875 bits per heavy atom. The first-order chi connectivity index (χ1) is 15.6. The summed E-state index contributed by atoms with van der Waals surface area (Å²) in [5.41, 5.74) is 3.61. The monoisotopic (exact) mass is 436 g/mol. The normalized spacial score (nSPS) is 15.3. The lowest BCUT2D eigenvalue weighted by Crippen LogP contribution is -2.45. The summed E-state index contributed by atoms with van der Waals surface area (Å²) in [7, 11) is 3.23. The molecule has 1 saturated heterocycles. The second kappa shape index (κ2) is 10.1. The molecule has 0 amide bonds. The van der Waals surface area contributed by atoms with Crippen LogP contribution < -0.4 is 9.47 Å². The van der Waals surface area contributed by atoms with Crippen molar-refractivity contribution >= 4 is 0 Å². The van der Waals surface area contributed by atoms with Gasteiger partial charge in [0.1, 0.15) is 0 Å². The van der Waals surface area contributed by atoms with Crippen molar-refractivity contribution in [3.8, 4) is 22.9 Å². The first-order valence-electron chi connectivity index (χ1n) is 11.1. The highest BCUT2D eigenvalue weighted by Gasteiger charge is 2.20. The number of benzene rings is 2. The molecule has 7 heteroatoms. The second-order valence-corrected chi connectivity index (χ2v) is 8.53. The predicted octanol–water partition coefficient (Wildman–Crippen LogP) is 4.20.